The maximum atomic E-state index is 13.5. The first-order valence-electron chi connectivity index (χ1n) is 9.34. The van der Waals surface area contributed by atoms with Crippen molar-refractivity contribution in [1.29, 1.82) is 0 Å². The van der Waals surface area contributed by atoms with E-state index in [1.54, 1.807) is 16.2 Å². The molecule has 1 fully saturated rings. The summed E-state index contributed by atoms with van der Waals surface area (Å²) in [4.78, 5) is 18.5. The normalized spacial score (nSPS) is 20.4. The van der Waals surface area contributed by atoms with Gasteiger partial charge in [0.1, 0.15) is 0 Å². The summed E-state index contributed by atoms with van der Waals surface area (Å²) >= 11 is 1.56. The summed E-state index contributed by atoms with van der Waals surface area (Å²) < 4.78 is 40.4. The first-order chi connectivity index (χ1) is 13.3. The number of likely N-dealkylation sites (tertiary alicyclic amines) is 1. The van der Waals surface area contributed by atoms with Crippen molar-refractivity contribution in [2.24, 2.45) is 11.8 Å². The van der Waals surface area contributed by atoms with E-state index < -0.39 is 23.9 Å². The Morgan fingerprint density at radius 2 is 2.04 bits per heavy atom. The van der Waals surface area contributed by atoms with E-state index in [-0.39, 0.29) is 13.1 Å². The van der Waals surface area contributed by atoms with Crippen molar-refractivity contribution >= 4 is 17.2 Å². The average molecular weight is 411 g/mol. The number of amides is 1. The minimum atomic E-state index is -4.38. The number of halogens is 3. The number of benzene rings is 1. The van der Waals surface area contributed by atoms with Crippen molar-refractivity contribution in [3.63, 3.8) is 0 Å². The predicted octanol–water partition coefficient (Wildman–Crippen LogP) is 3.81. The first kappa shape index (κ1) is 20.8. The van der Waals surface area contributed by atoms with Gasteiger partial charge in [-0.15, -0.1) is 11.3 Å². The minimum Gasteiger partial charge on any atom is -0.356 e. The fraction of sp³-hybridized carbons (Fsp3) is 0.500. The SMILES string of the molecule is Cc1csc(CCCNC(=O)[C@H]2CN(Cc3ccccc3)C[C@@H]2C(F)(F)F)n1. The topological polar surface area (TPSA) is 45.2 Å². The number of carbonyl (C=O) groups excluding carboxylic acids is 1. The van der Waals surface area contributed by atoms with Gasteiger partial charge in [0, 0.05) is 43.7 Å². The van der Waals surface area contributed by atoms with Gasteiger partial charge in [0.2, 0.25) is 5.91 Å². The van der Waals surface area contributed by atoms with E-state index in [2.05, 4.69) is 10.3 Å². The third-order valence-corrected chi connectivity index (χ3v) is 5.96. The Balaban J connectivity index is 1.53. The Hall–Kier alpha value is -1.93. The standard InChI is InChI=1S/C20H24F3N3OS/c1-14-13-28-18(25-14)8-5-9-24-19(27)16-11-26(12-17(16)20(21,22)23)10-15-6-3-2-4-7-15/h2-4,6-7,13,16-17H,5,8-12H2,1H3,(H,24,27)/t16-,17-/m0/s1. The van der Waals surface area contributed by atoms with E-state index in [9.17, 15) is 18.0 Å². The van der Waals surface area contributed by atoms with Crippen molar-refractivity contribution < 1.29 is 18.0 Å². The fourth-order valence-electron chi connectivity index (χ4n) is 3.55. The maximum absolute atomic E-state index is 13.5. The van der Waals surface area contributed by atoms with Crippen LogP contribution < -0.4 is 5.32 Å². The van der Waals surface area contributed by atoms with Gasteiger partial charge in [0.15, 0.2) is 0 Å². The number of thiazole rings is 1. The van der Waals surface area contributed by atoms with Crippen LogP contribution >= 0.6 is 11.3 Å². The van der Waals surface area contributed by atoms with Crippen LogP contribution in [0.3, 0.4) is 0 Å². The van der Waals surface area contributed by atoms with Crippen molar-refractivity contribution in [2.45, 2.75) is 32.5 Å². The molecule has 1 amide bonds. The highest BCUT2D eigenvalue weighted by molar-refractivity contribution is 7.09. The number of alkyl halides is 3. The highest BCUT2D eigenvalue weighted by atomic mass is 32.1. The zero-order chi connectivity index (χ0) is 20.1. The van der Waals surface area contributed by atoms with Crippen molar-refractivity contribution in [3.8, 4) is 0 Å². The van der Waals surface area contributed by atoms with Crippen LogP contribution in [0, 0.1) is 18.8 Å². The van der Waals surface area contributed by atoms with Gasteiger partial charge in [-0.3, -0.25) is 9.69 Å². The smallest absolute Gasteiger partial charge is 0.356 e. The number of nitrogens with one attached hydrogen (secondary N) is 1. The second-order valence-electron chi connectivity index (χ2n) is 7.21. The van der Waals surface area contributed by atoms with E-state index in [1.807, 2.05) is 42.6 Å². The van der Waals surface area contributed by atoms with Crippen LogP contribution in [0.4, 0.5) is 13.2 Å². The molecule has 8 heteroatoms. The predicted molar refractivity (Wildman–Crippen MR) is 103 cm³/mol. The molecule has 2 atom stereocenters. The van der Waals surface area contributed by atoms with Crippen LogP contribution in [0.15, 0.2) is 35.7 Å². The number of hydrogen-bond donors (Lipinski definition) is 1. The molecule has 1 N–H and O–H groups in total. The second-order valence-corrected chi connectivity index (χ2v) is 8.15. The Bertz CT molecular complexity index is 779. The van der Waals surface area contributed by atoms with Crippen LogP contribution in [-0.4, -0.2) is 41.6 Å². The molecule has 1 aromatic heterocycles. The van der Waals surface area contributed by atoms with E-state index >= 15 is 0 Å². The van der Waals surface area contributed by atoms with Gasteiger partial charge in [-0.25, -0.2) is 4.98 Å². The van der Waals surface area contributed by atoms with Gasteiger partial charge in [-0.2, -0.15) is 13.2 Å². The summed E-state index contributed by atoms with van der Waals surface area (Å²) in [5.74, 6) is -3.20. The van der Waals surface area contributed by atoms with Crippen LogP contribution in [0.5, 0.6) is 0 Å². The van der Waals surface area contributed by atoms with Crippen molar-refractivity contribution in [1.82, 2.24) is 15.2 Å². The molecule has 0 bridgehead atoms. The summed E-state index contributed by atoms with van der Waals surface area (Å²) in [7, 11) is 0. The number of hydrogen-bond acceptors (Lipinski definition) is 4. The second kappa shape index (κ2) is 9.05. The van der Waals surface area contributed by atoms with E-state index in [0.717, 1.165) is 16.3 Å². The number of aryl methyl sites for hydroxylation is 2. The van der Waals surface area contributed by atoms with Gasteiger partial charge < -0.3 is 5.32 Å². The summed E-state index contributed by atoms with van der Waals surface area (Å²) in [6, 6.07) is 9.36. The third-order valence-electron chi connectivity index (χ3n) is 4.93. The third kappa shape index (κ3) is 5.54. The van der Waals surface area contributed by atoms with Crippen LogP contribution in [-0.2, 0) is 17.8 Å². The first-order valence-corrected chi connectivity index (χ1v) is 10.2. The zero-order valence-electron chi connectivity index (χ0n) is 15.7. The Labute approximate surface area is 166 Å². The summed E-state index contributed by atoms with van der Waals surface area (Å²) in [6.07, 6.45) is -3.01. The average Bonchev–Trinajstić information content (AvgIpc) is 3.25. The van der Waals surface area contributed by atoms with Gasteiger partial charge in [-0.1, -0.05) is 30.3 Å². The van der Waals surface area contributed by atoms with Crippen LogP contribution in [0.1, 0.15) is 22.7 Å². The molecule has 28 heavy (non-hydrogen) atoms. The highest BCUT2D eigenvalue weighted by Gasteiger charge is 2.52. The molecule has 152 valence electrons. The minimum absolute atomic E-state index is 0.122. The molecule has 0 spiro atoms. The lowest BCUT2D eigenvalue weighted by Crippen LogP contribution is -2.40. The molecular formula is C20H24F3N3OS. The van der Waals surface area contributed by atoms with E-state index in [4.69, 9.17) is 0 Å². The summed E-state index contributed by atoms with van der Waals surface area (Å²) in [6.45, 7) is 2.67. The number of aromatic nitrogens is 1. The summed E-state index contributed by atoms with van der Waals surface area (Å²) in [5, 5.41) is 5.64. The Morgan fingerprint density at radius 1 is 1.29 bits per heavy atom. The lowest BCUT2D eigenvalue weighted by atomic mass is 9.94. The van der Waals surface area contributed by atoms with Crippen molar-refractivity contribution in [2.75, 3.05) is 19.6 Å². The lowest BCUT2D eigenvalue weighted by Gasteiger charge is -2.20. The molecule has 4 nitrogen and oxygen atoms in total. The monoisotopic (exact) mass is 411 g/mol. The molecule has 0 unspecified atom stereocenters. The Kier molecular flexibility index (Phi) is 6.72. The zero-order valence-corrected chi connectivity index (χ0v) is 16.5. The highest BCUT2D eigenvalue weighted by Crippen LogP contribution is 2.38. The number of carbonyl (C=O) groups is 1. The molecule has 1 aliphatic rings. The quantitative estimate of drug-likeness (QED) is 0.705. The molecule has 1 saturated heterocycles. The lowest BCUT2D eigenvalue weighted by molar-refractivity contribution is -0.183. The molecule has 0 radical (unpaired) electrons. The van der Waals surface area contributed by atoms with E-state index in [0.29, 0.717) is 25.9 Å². The molecule has 1 aliphatic heterocycles. The molecule has 0 aliphatic carbocycles. The Morgan fingerprint density at radius 3 is 2.68 bits per heavy atom. The molecule has 3 rings (SSSR count). The van der Waals surface area contributed by atoms with Gasteiger partial charge in [0.25, 0.3) is 0 Å². The number of nitrogens with zero attached hydrogens (tertiary/aromatic N) is 2. The summed E-state index contributed by atoms with van der Waals surface area (Å²) in [5.41, 5.74) is 1.91. The molecule has 0 saturated carbocycles. The van der Waals surface area contributed by atoms with Crippen LogP contribution in [0.2, 0.25) is 0 Å². The molecular weight excluding hydrogens is 387 g/mol. The fourth-order valence-corrected chi connectivity index (χ4v) is 4.37. The van der Waals surface area contributed by atoms with Gasteiger partial charge in [-0.05, 0) is 18.9 Å². The molecule has 2 heterocycles. The van der Waals surface area contributed by atoms with Crippen LogP contribution in [0.25, 0.3) is 0 Å². The molecule has 1 aromatic carbocycles. The maximum Gasteiger partial charge on any atom is 0.393 e. The molecule has 2 aromatic rings. The van der Waals surface area contributed by atoms with E-state index in [1.165, 1.54) is 0 Å². The largest absolute Gasteiger partial charge is 0.393 e. The number of rotatable bonds is 7. The van der Waals surface area contributed by atoms with Crippen molar-refractivity contribution in [3.05, 3.63) is 52.0 Å². The van der Waals surface area contributed by atoms with Gasteiger partial charge >= 0.3 is 6.18 Å². The van der Waals surface area contributed by atoms with Gasteiger partial charge in [0.05, 0.1) is 16.8 Å².